The highest BCUT2D eigenvalue weighted by Crippen LogP contribution is 2.45. The molecule has 0 saturated carbocycles. The summed E-state index contributed by atoms with van der Waals surface area (Å²) in [4.78, 5) is 12.3. The van der Waals surface area contributed by atoms with Crippen LogP contribution >= 0.6 is 6.49 Å². The van der Waals surface area contributed by atoms with E-state index < -0.39 is 6.49 Å². The lowest BCUT2D eigenvalue weighted by Crippen LogP contribution is -2.25. The lowest BCUT2D eigenvalue weighted by molar-refractivity contribution is 0.483. The topological polar surface area (TPSA) is 32.7 Å². The van der Waals surface area contributed by atoms with Crippen LogP contribution in [0.2, 0.25) is 0 Å². The van der Waals surface area contributed by atoms with Gasteiger partial charge >= 0.3 is 0 Å². The van der Waals surface area contributed by atoms with Crippen molar-refractivity contribution in [3.8, 4) is 5.75 Å². The van der Waals surface area contributed by atoms with Crippen molar-refractivity contribution >= 4 is 24.0 Å². The van der Waals surface area contributed by atoms with Crippen molar-refractivity contribution in [3.63, 3.8) is 0 Å². The van der Waals surface area contributed by atoms with Gasteiger partial charge < -0.3 is 14.3 Å². The number of anilines is 1. The molecule has 0 aliphatic rings. The van der Waals surface area contributed by atoms with E-state index in [0.717, 1.165) is 31.6 Å². The minimum Gasteiger partial charge on any atom is -0.441 e. The molecule has 1 rings (SSSR count). The zero-order valence-corrected chi connectivity index (χ0v) is 13.7. The zero-order chi connectivity index (χ0) is 14.3. The van der Waals surface area contributed by atoms with Crippen molar-refractivity contribution in [3.05, 3.63) is 24.3 Å². The number of rotatable bonds is 8. The predicted molar refractivity (Wildman–Crippen MR) is 86.9 cm³/mol. The number of para-hydroxylation sites is 2. The van der Waals surface area contributed by atoms with Gasteiger partial charge in [0.1, 0.15) is 5.75 Å². The summed E-state index contributed by atoms with van der Waals surface area (Å²) in [6.45, 7) is 5.45. The molecule has 0 radical (unpaired) electrons. The molecule has 1 atom stereocenters. The minimum atomic E-state index is -2.69. The average molecular weight is 301 g/mol. The van der Waals surface area contributed by atoms with Gasteiger partial charge in [-0.2, -0.15) is 0 Å². The Morgan fingerprint density at radius 3 is 2.26 bits per heavy atom. The first-order valence-electron chi connectivity index (χ1n) is 6.89. The van der Waals surface area contributed by atoms with Crippen LogP contribution in [0.25, 0.3) is 0 Å². The summed E-state index contributed by atoms with van der Waals surface area (Å²) in [5.41, 5.74) is 1.03. The predicted octanol–water partition coefficient (Wildman–Crippen LogP) is 4.01. The second kappa shape index (κ2) is 7.88. The van der Waals surface area contributed by atoms with E-state index in [2.05, 4.69) is 18.7 Å². The van der Waals surface area contributed by atoms with Crippen molar-refractivity contribution in [2.75, 3.05) is 24.2 Å². The summed E-state index contributed by atoms with van der Waals surface area (Å²) >= 11 is 5.13. The lowest BCUT2D eigenvalue weighted by atomic mass is 10.2. The highest BCUT2D eigenvalue weighted by Gasteiger charge is 2.17. The molecule has 108 valence electrons. The quantitative estimate of drug-likeness (QED) is 0.735. The minimum absolute atomic E-state index is 0.484. The van der Waals surface area contributed by atoms with Crippen molar-refractivity contribution < 1.29 is 9.42 Å². The molecule has 0 fully saturated rings. The van der Waals surface area contributed by atoms with Crippen LogP contribution in [-0.4, -0.2) is 24.1 Å². The molecule has 0 aromatic heterocycles. The molecule has 0 heterocycles. The summed E-state index contributed by atoms with van der Waals surface area (Å²) in [5, 5.41) is 0. The van der Waals surface area contributed by atoms with E-state index >= 15 is 0 Å². The summed E-state index contributed by atoms with van der Waals surface area (Å²) < 4.78 is 5.70. The Morgan fingerprint density at radius 1 is 1.16 bits per heavy atom. The van der Waals surface area contributed by atoms with Gasteiger partial charge in [-0.1, -0.05) is 32.9 Å². The second-order valence-corrected chi connectivity index (χ2v) is 8.30. The second-order valence-electron chi connectivity index (χ2n) is 4.50. The van der Waals surface area contributed by atoms with Gasteiger partial charge in [0.15, 0.2) is 0 Å². The number of hydrogen-bond acceptors (Lipinski definition) is 3. The van der Waals surface area contributed by atoms with Crippen molar-refractivity contribution in [2.24, 2.45) is 0 Å². The number of benzene rings is 1. The summed E-state index contributed by atoms with van der Waals surface area (Å²) in [7, 11) is 0. The molecule has 5 heteroatoms. The standard InChI is InChI=1S/C14H24NO2PS/c1-4-11-15(12-5-2)13-9-7-8-10-14(13)17-18(16,19)6-3/h7-10H,4-6,11-12H2,1-3H3,(H,16,19). The maximum Gasteiger partial charge on any atom is 0.235 e. The first-order chi connectivity index (χ1) is 9.04. The van der Waals surface area contributed by atoms with E-state index in [1.807, 2.05) is 31.2 Å². The molecule has 1 N–H and O–H groups in total. The van der Waals surface area contributed by atoms with Gasteiger partial charge in [-0.3, -0.25) is 0 Å². The number of nitrogens with zero attached hydrogens (tertiary/aromatic N) is 1. The molecular formula is C14H24NO2PS. The third-order valence-corrected chi connectivity index (χ3v) is 5.11. The van der Waals surface area contributed by atoms with Crippen LogP contribution in [0, 0.1) is 0 Å². The molecule has 0 saturated heterocycles. The Labute approximate surface area is 121 Å². The third kappa shape index (κ3) is 5.13. The Kier molecular flexibility index (Phi) is 6.84. The maximum atomic E-state index is 10.0. The normalized spacial score (nSPS) is 13.9. The Morgan fingerprint density at radius 2 is 1.74 bits per heavy atom. The van der Waals surface area contributed by atoms with E-state index in [-0.39, 0.29) is 0 Å². The van der Waals surface area contributed by atoms with Crippen LogP contribution in [0.15, 0.2) is 24.3 Å². The van der Waals surface area contributed by atoms with Gasteiger partial charge in [-0.25, -0.2) is 0 Å². The van der Waals surface area contributed by atoms with Crippen LogP contribution in [0.5, 0.6) is 5.75 Å². The lowest BCUT2D eigenvalue weighted by Gasteiger charge is -2.27. The maximum absolute atomic E-state index is 10.0. The Balaban J connectivity index is 3.02. The Hall–Kier alpha value is -0.570. The van der Waals surface area contributed by atoms with E-state index in [0.29, 0.717) is 11.9 Å². The molecule has 1 aromatic rings. The van der Waals surface area contributed by atoms with E-state index in [9.17, 15) is 4.89 Å². The first-order valence-corrected chi connectivity index (χ1v) is 9.75. The molecule has 0 spiro atoms. The van der Waals surface area contributed by atoms with E-state index in [1.165, 1.54) is 0 Å². The highest BCUT2D eigenvalue weighted by molar-refractivity contribution is 8.09. The molecule has 19 heavy (non-hydrogen) atoms. The van der Waals surface area contributed by atoms with Crippen molar-refractivity contribution in [2.45, 2.75) is 33.6 Å². The fourth-order valence-corrected chi connectivity index (χ4v) is 2.74. The largest absolute Gasteiger partial charge is 0.441 e. The summed E-state index contributed by atoms with van der Waals surface area (Å²) in [5.74, 6) is 0.706. The van der Waals surface area contributed by atoms with Crippen LogP contribution in [0.1, 0.15) is 33.6 Å². The van der Waals surface area contributed by atoms with Crippen LogP contribution in [0.3, 0.4) is 0 Å². The molecule has 0 aliphatic heterocycles. The summed E-state index contributed by atoms with van der Waals surface area (Å²) in [6, 6.07) is 7.83. The Bertz CT molecular complexity index is 433. The van der Waals surface area contributed by atoms with Gasteiger partial charge in [-0.05, 0) is 36.8 Å². The van der Waals surface area contributed by atoms with Crippen molar-refractivity contribution in [1.29, 1.82) is 0 Å². The van der Waals surface area contributed by atoms with Crippen LogP contribution in [0.4, 0.5) is 5.69 Å². The smallest absolute Gasteiger partial charge is 0.235 e. The SMILES string of the molecule is CCCN(CCC)c1ccccc1OP(O)(=S)CC. The average Bonchev–Trinajstić information content (AvgIpc) is 2.39. The monoisotopic (exact) mass is 301 g/mol. The molecular weight excluding hydrogens is 277 g/mol. The van der Waals surface area contributed by atoms with Crippen molar-refractivity contribution in [1.82, 2.24) is 0 Å². The van der Waals surface area contributed by atoms with Gasteiger partial charge in [0, 0.05) is 19.3 Å². The molecule has 1 unspecified atom stereocenters. The fourth-order valence-electron chi connectivity index (χ4n) is 1.91. The number of hydrogen-bond donors (Lipinski definition) is 1. The molecule has 1 aromatic carbocycles. The first kappa shape index (κ1) is 16.5. The molecule has 0 bridgehead atoms. The molecule has 0 amide bonds. The van der Waals surface area contributed by atoms with Gasteiger partial charge in [0.2, 0.25) is 6.49 Å². The third-order valence-electron chi connectivity index (χ3n) is 2.83. The highest BCUT2D eigenvalue weighted by atomic mass is 32.5. The van der Waals surface area contributed by atoms with Crippen LogP contribution < -0.4 is 9.42 Å². The van der Waals surface area contributed by atoms with E-state index in [4.69, 9.17) is 16.3 Å². The van der Waals surface area contributed by atoms with Gasteiger partial charge in [0.05, 0.1) is 5.69 Å². The van der Waals surface area contributed by atoms with Crippen LogP contribution in [-0.2, 0) is 11.8 Å². The van der Waals surface area contributed by atoms with E-state index in [1.54, 1.807) is 0 Å². The summed E-state index contributed by atoms with van der Waals surface area (Å²) in [6.07, 6.45) is 2.64. The molecule has 0 aliphatic carbocycles. The zero-order valence-electron chi connectivity index (χ0n) is 12.0. The van der Waals surface area contributed by atoms with Gasteiger partial charge in [0.25, 0.3) is 0 Å². The fraction of sp³-hybridized carbons (Fsp3) is 0.571. The molecule has 3 nitrogen and oxygen atoms in total. The van der Waals surface area contributed by atoms with Gasteiger partial charge in [-0.15, -0.1) is 0 Å².